The number of methoxy groups -OCH3 is 1. The molecule has 38 heteroatoms. The SMILES string of the molecule is CC(C)(C)OC(=O)N1CCCNC(=O)C1.CO.COC(=O)CN(CCCN)C(=O)OC(C)(C)C.[B]B([B])B([B])B(B([B])[B])B(B(B([B])[B])B([B])[B])B(B([B])[B])B([B])[B].[Na+].[OH-]. The van der Waals surface area contributed by atoms with Crippen LogP contribution in [0.15, 0.2) is 0 Å². The molecule has 0 bridgehead atoms. The quantitative estimate of drug-likeness (QED) is 0.0817. The summed E-state index contributed by atoms with van der Waals surface area (Å²) in [5.41, 5.74) is 4.27. The number of nitrogens with one attached hydrogen (secondary N) is 1. The first kappa shape index (κ1) is 69.0. The van der Waals surface area contributed by atoms with E-state index in [-0.39, 0.29) is 54.0 Å². The minimum absolute atomic E-state index is 0. The predicted octanol–water partition coefficient (Wildman–Crippen LogP) is -11.2. The zero-order valence-electron chi connectivity index (χ0n) is 37.2. The molecule has 1 aliphatic heterocycles. The van der Waals surface area contributed by atoms with Crippen molar-refractivity contribution in [1.82, 2.24) is 15.1 Å². The van der Waals surface area contributed by atoms with Crippen LogP contribution in [0, 0.1) is 0 Å². The fourth-order valence-electron chi connectivity index (χ4n) is 5.69. The molecule has 1 saturated heterocycles. The molecule has 26 radical (unpaired) electrons. The summed E-state index contributed by atoms with van der Waals surface area (Å²) in [6.07, 6.45) is -9.13. The maximum Gasteiger partial charge on any atom is 1.00 e. The minimum Gasteiger partial charge on any atom is -0.870 e. The van der Waals surface area contributed by atoms with E-state index in [0.717, 1.165) is 13.5 Å². The number of ether oxygens (including phenoxy) is 3. The first-order valence-electron chi connectivity index (χ1n) is 18.8. The van der Waals surface area contributed by atoms with Crippen LogP contribution in [0.1, 0.15) is 54.4 Å². The number of aliphatic hydroxyl groups is 1. The Labute approximate surface area is 405 Å². The molecule has 0 saturated carbocycles. The maximum absolute atomic E-state index is 11.8. The van der Waals surface area contributed by atoms with Crippen molar-refractivity contribution < 1.29 is 73.5 Å². The third kappa shape index (κ3) is 30.1. The zero-order chi connectivity index (χ0) is 46.3. The Morgan fingerprint density at radius 1 is 0.750 bits per heavy atom. The molecule has 0 unspecified atom stereocenters. The summed E-state index contributed by atoms with van der Waals surface area (Å²) >= 11 is 0. The van der Waals surface area contributed by atoms with Crippen LogP contribution in [-0.2, 0) is 23.8 Å². The Kier molecular flexibility index (Phi) is 40.5. The fraction of sp³-hybridized carbons (Fsp3) is 0.818. The largest absolute Gasteiger partial charge is 1.00 e. The van der Waals surface area contributed by atoms with Gasteiger partial charge >= 0.3 is 47.7 Å². The van der Waals surface area contributed by atoms with Gasteiger partial charge in [-0.2, -0.15) is 0 Å². The molecule has 280 valence electrons. The van der Waals surface area contributed by atoms with E-state index < -0.39 is 99.6 Å². The molecule has 3 amide bonds. The second kappa shape index (κ2) is 35.2. The topological polar surface area (TPSA) is 191 Å². The van der Waals surface area contributed by atoms with Gasteiger partial charge in [0.15, 0.2) is 0 Å². The van der Waals surface area contributed by atoms with Crippen molar-refractivity contribution in [3.05, 3.63) is 0 Å². The molecule has 0 spiro atoms. The average Bonchev–Trinajstić information content (AvgIpc) is 3.30. The van der Waals surface area contributed by atoms with Crippen molar-refractivity contribution >= 4 is 195 Å². The van der Waals surface area contributed by atoms with Gasteiger partial charge in [0.2, 0.25) is 5.91 Å². The summed E-state index contributed by atoms with van der Waals surface area (Å²) in [5, 5.41) is 9.70. The maximum atomic E-state index is 11.8. The van der Waals surface area contributed by atoms with Crippen molar-refractivity contribution in [3.8, 4) is 0 Å². The van der Waals surface area contributed by atoms with E-state index in [2.05, 4.69) is 10.1 Å². The molecule has 5 N–H and O–H groups in total. The van der Waals surface area contributed by atoms with Crippen molar-refractivity contribution in [2.75, 3.05) is 53.5 Å². The smallest absolute Gasteiger partial charge is 0.870 e. The number of hydrogen-bond acceptors (Lipinski definition) is 10. The summed E-state index contributed by atoms with van der Waals surface area (Å²) in [6.45, 7) is 12.7. The number of carbonyl (C=O) groups excluding carboxylic acids is 4. The molecule has 0 aliphatic carbocycles. The summed E-state index contributed by atoms with van der Waals surface area (Å²) in [5.74, 6) is -0.605. The Hall–Kier alpha value is -0.0816. The number of amides is 3. The van der Waals surface area contributed by atoms with E-state index in [1.165, 1.54) is 16.9 Å². The van der Waals surface area contributed by atoms with E-state index in [1.807, 2.05) is 20.8 Å². The molecule has 1 rings (SSSR count). The molecule has 13 nitrogen and oxygen atoms in total. The molecular weight excluding hydrogens is 747 g/mol. The Morgan fingerprint density at radius 2 is 1.17 bits per heavy atom. The summed E-state index contributed by atoms with van der Waals surface area (Å²) in [6, 6.07) is 0. The molecular formula is C22H45B24N4NaO9. The number of nitrogens with zero attached hydrogens (tertiary/aromatic N) is 2. The van der Waals surface area contributed by atoms with Gasteiger partial charge in [-0.25, -0.2) is 9.59 Å². The van der Waals surface area contributed by atoms with Crippen LogP contribution in [0.3, 0.4) is 0 Å². The number of rotatable bonds is 15. The first-order chi connectivity index (χ1) is 26.5. The van der Waals surface area contributed by atoms with Gasteiger partial charge in [-0.1, -0.05) is 0 Å². The van der Waals surface area contributed by atoms with Crippen LogP contribution in [-0.4, -0.2) is 280 Å². The van der Waals surface area contributed by atoms with Crippen LogP contribution in [0.25, 0.3) is 0 Å². The van der Waals surface area contributed by atoms with E-state index in [0.29, 0.717) is 32.6 Å². The summed E-state index contributed by atoms with van der Waals surface area (Å²) in [4.78, 5) is 48.5. The van der Waals surface area contributed by atoms with E-state index >= 15 is 0 Å². The third-order valence-electron chi connectivity index (χ3n) is 8.19. The van der Waals surface area contributed by atoms with Gasteiger partial charge in [0.1, 0.15) is 24.3 Å². The fourth-order valence-corrected chi connectivity index (χ4v) is 5.69. The van der Waals surface area contributed by atoms with Crippen LogP contribution in [0.2, 0.25) is 0 Å². The summed E-state index contributed by atoms with van der Waals surface area (Å²) < 4.78 is 14.9. The van der Waals surface area contributed by atoms with Crippen molar-refractivity contribution in [2.45, 2.75) is 65.6 Å². The number of aliphatic hydroxyl groups excluding tert-OH is 1. The standard InChI is InChI=1S/C11H22N2O4.C10H18N2O3.CH4O.B24.Na.H2O/c1-11(2,3)17-10(15)13(7-5-6-12)8-9(14)16-4;1-10(2,3)15-9(14)12-6-4-5-11-8(13)7-12;1-2;1-14(2)20(13)23(19(11)12)24(21(15(3)4)16(5)6)22(17(7)8)18(9)10;;/h5-8,12H2,1-4H3;4-7H2,1-3H3,(H,11,13);2H,1H3;;;1H2/q;;;;+1;/p-1. The monoisotopic (exact) mass is 797 g/mol. The Balaban J connectivity index is -0.000000250. The van der Waals surface area contributed by atoms with Crippen LogP contribution >= 0.6 is 0 Å². The third-order valence-corrected chi connectivity index (χ3v) is 8.19. The van der Waals surface area contributed by atoms with Crippen LogP contribution < -0.4 is 40.6 Å². The molecule has 1 aliphatic rings. The van der Waals surface area contributed by atoms with Gasteiger partial charge in [-0.05, 0) is 60.9 Å². The van der Waals surface area contributed by atoms with Gasteiger partial charge in [0.05, 0.1) is 7.11 Å². The Morgan fingerprint density at radius 3 is 1.50 bits per heavy atom. The molecule has 0 atom stereocenters. The number of esters is 1. The second-order valence-electron chi connectivity index (χ2n) is 15.6. The van der Waals surface area contributed by atoms with E-state index in [1.54, 1.807) is 20.8 Å². The van der Waals surface area contributed by atoms with Crippen LogP contribution in [0.5, 0.6) is 0 Å². The van der Waals surface area contributed by atoms with E-state index in [9.17, 15) is 19.2 Å². The van der Waals surface area contributed by atoms with Gasteiger partial charge in [-0.3, -0.25) is 19.4 Å². The normalized spacial score (nSPS) is 11.4. The molecule has 1 fully saturated rings. The van der Waals surface area contributed by atoms with Gasteiger partial charge in [0, 0.05) is 198 Å². The zero-order valence-corrected chi connectivity index (χ0v) is 39.2. The molecule has 0 aromatic heterocycles. The Bertz CT molecular complexity index is 1150. The van der Waals surface area contributed by atoms with Gasteiger partial charge < -0.3 is 35.8 Å². The second-order valence-corrected chi connectivity index (χ2v) is 15.6. The first-order valence-corrected chi connectivity index (χ1v) is 18.8. The van der Waals surface area contributed by atoms with Crippen molar-refractivity contribution in [2.24, 2.45) is 5.73 Å². The average molecular weight is 792 g/mol. The van der Waals surface area contributed by atoms with Gasteiger partial charge in [-0.15, -0.1) is 0 Å². The van der Waals surface area contributed by atoms with Gasteiger partial charge in [0.25, 0.3) is 0 Å². The predicted molar refractivity (Wildman–Crippen MR) is 267 cm³/mol. The number of carbonyl (C=O) groups is 4. The molecule has 60 heavy (non-hydrogen) atoms. The van der Waals surface area contributed by atoms with Crippen LogP contribution in [0.4, 0.5) is 9.59 Å². The molecule has 0 aromatic carbocycles. The minimum atomic E-state index is -0.973. The number of nitrogens with two attached hydrogens (primary N) is 1. The van der Waals surface area contributed by atoms with E-state index in [4.69, 9.17) is 121 Å². The summed E-state index contributed by atoms with van der Waals surface area (Å²) in [7, 11) is 78.5. The number of hydrogen-bond donors (Lipinski definition) is 3. The molecule has 0 aromatic rings. The van der Waals surface area contributed by atoms with Crippen molar-refractivity contribution in [1.29, 1.82) is 0 Å². The molecule has 1 heterocycles. The van der Waals surface area contributed by atoms with Crippen molar-refractivity contribution in [3.63, 3.8) is 0 Å².